The van der Waals surface area contributed by atoms with Crippen LogP contribution in [0.1, 0.15) is 5.56 Å². The molecule has 0 aliphatic carbocycles. The van der Waals surface area contributed by atoms with E-state index in [9.17, 15) is 4.79 Å². The summed E-state index contributed by atoms with van der Waals surface area (Å²) in [7, 11) is 0. The number of carbonyl (C=O) groups excluding carboxylic acids is 1. The molecule has 150 valence electrons. The van der Waals surface area contributed by atoms with Crippen LogP contribution in [0, 0.1) is 0 Å². The maximum absolute atomic E-state index is 11.2. The van der Waals surface area contributed by atoms with Gasteiger partial charge in [-0.15, -0.1) is 0 Å². The molecule has 0 saturated carbocycles. The Hall–Kier alpha value is -3.08. The minimum absolute atomic E-state index is 0.211. The second-order valence-electron chi connectivity index (χ2n) is 6.80. The molecule has 0 saturated heterocycles. The van der Waals surface area contributed by atoms with Gasteiger partial charge >= 0.3 is 5.97 Å². The summed E-state index contributed by atoms with van der Waals surface area (Å²) in [6.07, 6.45) is 1.16. The summed E-state index contributed by atoms with van der Waals surface area (Å²) in [6.45, 7) is 4.39. The number of hydrogen-bond donors (Lipinski definition) is 0. The predicted molar refractivity (Wildman–Crippen MR) is 123 cm³/mol. The van der Waals surface area contributed by atoms with Gasteiger partial charge < -0.3 is 9.47 Å². The lowest BCUT2D eigenvalue weighted by molar-refractivity contribution is -0.139. The summed E-state index contributed by atoms with van der Waals surface area (Å²) in [6, 6.07) is 27.5. The van der Waals surface area contributed by atoms with Gasteiger partial charge in [-0.1, -0.05) is 66.9 Å². The highest BCUT2D eigenvalue weighted by Crippen LogP contribution is 2.34. The molecule has 0 unspecified atom stereocenters. The Labute approximate surface area is 180 Å². The number of fused-ring (bicyclic) bond motifs is 2. The fraction of sp³-hybridized carbons (Fsp3) is 0.115. The molecule has 0 aliphatic rings. The summed E-state index contributed by atoms with van der Waals surface area (Å²) >= 11 is 1.75. The van der Waals surface area contributed by atoms with Crippen molar-refractivity contribution in [1.29, 1.82) is 0 Å². The number of esters is 1. The van der Waals surface area contributed by atoms with Crippen molar-refractivity contribution in [2.24, 2.45) is 0 Å². The highest BCUT2D eigenvalue weighted by Gasteiger charge is 2.10. The zero-order valence-electron chi connectivity index (χ0n) is 16.5. The molecule has 3 nitrogen and oxygen atoms in total. The zero-order valence-corrected chi connectivity index (χ0v) is 17.4. The third-order valence-electron chi connectivity index (χ3n) is 4.81. The Bertz CT molecular complexity index is 1180. The van der Waals surface area contributed by atoms with Crippen molar-refractivity contribution in [2.45, 2.75) is 16.4 Å². The minimum Gasteiger partial charge on any atom is -0.460 e. The van der Waals surface area contributed by atoms with Crippen LogP contribution < -0.4 is 0 Å². The molecule has 4 rings (SSSR count). The SMILES string of the molecule is C=CC(=O)OCCOCc1c2ccccc2cc2ccc(Sc3ccccc3)cc12. The quantitative estimate of drug-likeness (QED) is 0.145. The summed E-state index contributed by atoms with van der Waals surface area (Å²) < 4.78 is 10.9. The Morgan fingerprint density at radius 3 is 2.43 bits per heavy atom. The predicted octanol–water partition coefficient (Wildman–Crippen LogP) is 6.39. The fourth-order valence-corrected chi connectivity index (χ4v) is 4.29. The third-order valence-corrected chi connectivity index (χ3v) is 5.81. The first kappa shape index (κ1) is 20.2. The molecule has 0 N–H and O–H groups in total. The van der Waals surface area contributed by atoms with Gasteiger partial charge in [0.1, 0.15) is 6.61 Å². The third kappa shape index (κ3) is 4.73. The van der Waals surface area contributed by atoms with E-state index in [-0.39, 0.29) is 6.61 Å². The molecule has 4 aromatic rings. The van der Waals surface area contributed by atoms with Gasteiger partial charge in [-0.3, -0.25) is 0 Å². The fourth-order valence-electron chi connectivity index (χ4n) is 3.41. The zero-order chi connectivity index (χ0) is 20.8. The van der Waals surface area contributed by atoms with Crippen molar-refractivity contribution >= 4 is 39.3 Å². The number of carbonyl (C=O) groups is 1. The smallest absolute Gasteiger partial charge is 0.330 e. The minimum atomic E-state index is -0.434. The number of hydrogen-bond acceptors (Lipinski definition) is 4. The highest BCUT2D eigenvalue weighted by atomic mass is 32.2. The Balaban J connectivity index is 1.64. The van der Waals surface area contributed by atoms with Gasteiger partial charge in [-0.25, -0.2) is 4.79 Å². The Morgan fingerprint density at radius 1 is 0.833 bits per heavy atom. The second kappa shape index (κ2) is 9.61. The van der Waals surface area contributed by atoms with E-state index >= 15 is 0 Å². The van der Waals surface area contributed by atoms with Gasteiger partial charge in [0.15, 0.2) is 0 Å². The molecule has 0 amide bonds. The lowest BCUT2D eigenvalue weighted by atomic mass is 9.97. The van der Waals surface area contributed by atoms with E-state index in [0.717, 1.165) is 11.6 Å². The molecule has 0 atom stereocenters. The molecule has 0 fully saturated rings. The molecular weight excluding hydrogens is 392 g/mol. The first-order chi connectivity index (χ1) is 14.7. The lowest BCUT2D eigenvalue weighted by Crippen LogP contribution is -2.08. The molecule has 0 bridgehead atoms. The Kier molecular flexibility index (Phi) is 6.47. The van der Waals surface area contributed by atoms with Crippen LogP contribution in [-0.2, 0) is 20.9 Å². The molecule has 0 aromatic heterocycles. The van der Waals surface area contributed by atoms with Crippen molar-refractivity contribution in [1.82, 2.24) is 0 Å². The van der Waals surface area contributed by atoms with Crippen LogP contribution in [0.15, 0.2) is 101 Å². The molecule has 0 spiro atoms. The van der Waals surface area contributed by atoms with Crippen LogP contribution in [0.5, 0.6) is 0 Å². The second-order valence-corrected chi connectivity index (χ2v) is 7.95. The van der Waals surface area contributed by atoms with Gasteiger partial charge in [0.2, 0.25) is 0 Å². The molecule has 0 radical (unpaired) electrons. The molecule has 4 aromatic carbocycles. The number of benzene rings is 4. The van der Waals surface area contributed by atoms with E-state index in [4.69, 9.17) is 9.47 Å². The average molecular weight is 415 g/mol. The van der Waals surface area contributed by atoms with Gasteiger partial charge in [0.25, 0.3) is 0 Å². The molecule has 4 heteroatoms. The first-order valence-corrected chi connectivity index (χ1v) is 10.6. The van der Waals surface area contributed by atoms with Gasteiger partial charge in [-0.2, -0.15) is 0 Å². The monoisotopic (exact) mass is 414 g/mol. The van der Waals surface area contributed by atoms with Crippen molar-refractivity contribution in [3.8, 4) is 0 Å². The highest BCUT2D eigenvalue weighted by molar-refractivity contribution is 7.99. The normalized spacial score (nSPS) is 10.9. The summed E-state index contributed by atoms with van der Waals surface area (Å²) in [5.41, 5.74) is 1.15. The van der Waals surface area contributed by atoms with Crippen LogP contribution >= 0.6 is 11.8 Å². The molecule has 0 heterocycles. The van der Waals surface area contributed by atoms with Crippen LogP contribution in [0.4, 0.5) is 0 Å². The molecule has 0 aliphatic heterocycles. The van der Waals surface area contributed by atoms with E-state index in [2.05, 4.69) is 67.2 Å². The van der Waals surface area contributed by atoms with E-state index in [1.165, 1.54) is 31.3 Å². The van der Waals surface area contributed by atoms with E-state index in [1.54, 1.807) is 11.8 Å². The van der Waals surface area contributed by atoms with Crippen LogP contribution in [0.3, 0.4) is 0 Å². The maximum atomic E-state index is 11.2. The first-order valence-electron chi connectivity index (χ1n) is 9.79. The van der Waals surface area contributed by atoms with Crippen molar-refractivity contribution in [3.05, 3.63) is 97.1 Å². The van der Waals surface area contributed by atoms with Crippen molar-refractivity contribution < 1.29 is 14.3 Å². The molecule has 30 heavy (non-hydrogen) atoms. The topological polar surface area (TPSA) is 35.5 Å². The van der Waals surface area contributed by atoms with Crippen LogP contribution in [0.25, 0.3) is 21.5 Å². The Morgan fingerprint density at radius 2 is 1.60 bits per heavy atom. The number of rotatable bonds is 8. The van der Waals surface area contributed by atoms with Crippen molar-refractivity contribution in [3.63, 3.8) is 0 Å². The van der Waals surface area contributed by atoms with E-state index in [0.29, 0.717) is 13.2 Å². The van der Waals surface area contributed by atoms with Crippen LogP contribution in [-0.4, -0.2) is 19.2 Å². The van der Waals surface area contributed by atoms with Crippen LogP contribution in [0.2, 0.25) is 0 Å². The van der Waals surface area contributed by atoms with Gasteiger partial charge in [0.05, 0.1) is 13.2 Å². The summed E-state index contributed by atoms with van der Waals surface area (Å²) in [4.78, 5) is 13.6. The van der Waals surface area contributed by atoms with Crippen molar-refractivity contribution in [2.75, 3.05) is 13.2 Å². The van der Waals surface area contributed by atoms with E-state index < -0.39 is 5.97 Å². The number of ether oxygens (including phenoxy) is 2. The largest absolute Gasteiger partial charge is 0.460 e. The van der Waals surface area contributed by atoms with E-state index in [1.807, 2.05) is 18.2 Å². The standard InChI is InChI=1S/C26H22O3S/c1-2-26(27)29-15-14-28-18-25-23-11-7-6-8-19(23)16-20-12-13-22(17-24(20)25)30-21-9-4-3-5-10-21/h2-13,16-17H,1,14-15,18H2. The average Bonchev–Trinajstić information content (AvgIpc) is 2.79. The molecular formula is C26H22O3S. The van der Waals surface area contributed by atoms with Gasteiger partial charge in [0, 0.05) is 15.9 Å². The lowest BCUT2D eigenvalue weighted by Gasteiger charge is -2.13. The van der Waals surface area contributed by atoms with Gasteiger partial charge in [-0.05, 0) is 57.4 Å². The summed E-state index contributed by atoms with van der Waals surface area (Å²) in [5.74, 6) is -0.434. The summed E-state index contributed by atoms with van der Waals surface area (Å²) in [5, 5.41) is 4.72. The maximum Gasteiger partial charge on any atom is 0.330 e.